The van der Waals surface area contributed by atoms with E-state index < -0.39 is 41.6 Å². The number of fused-ring (bicyclic) bond motifs is 1. The number of amides is 1. The highest BCUT2D eigenvalue weighted by Crippen LogP contribution is 2.31. The Labute approximate surface area is 129 Å². The predicted octanol–water partition coefficient (Wildman–Crippen LogP) is 0.855. The van der Waals surface area contributed by atoms with Crippen LogP contribution in [0.25, 0.3) is 0 Å². The SMILES string of the molecule is COC(=O)[C@@H]1CCC[C@@H]2OC[C@H](C(=O)OC(C)(C)C)C(=O)N21. The van der Waals surface area contributed by atoms with Gasteiger partial charge in [0, 0.05) is 0 Å². The summed E-state index contributed by atoms with van der Waals surface area (Å²) in [6.45, 7) is 5.20. The van der Waals surface area contributed by atoms with Crippen molar-refractivity contribution in [2.45, 2.75) is 57.9 Å². The van der Waals surface area contributed by atoms with E-state index in [0.29, 0.717) is 12.8 Å². The van der Waals surface area contributed by atoms with Crippen molar-refractivity contribution in [2.75, 3.05) is 13.7 Å². The maximum atomic E-state index is 12.7. The average Bonchev–Trinajstić information content (AvgIpc) is 2.44. The lowest BCUT2D eigenvalue weighted by Gasteiger charge is -2.45. The topological polar surface area (TPSA) is 82.1 Å². The first-order chi connectivity index (χ1) is 10.2. The summed E-state index contributed by atoms with van der Waals surface area (Å²) in [6.07, 6.45) is 1.47. The van der Waals surface area contributed by atoms with Gasteiger partial charge in [-0.05, 0) is 40.0 Å². The molecule has 0 aromatic rings. The first kappa shape index (κ1) is 16.7. The largest absolute Gasteiger partial charge is 0.467 e. The Morgan fingerprint density at radius 1 is 1.23 bits per heavy atom. The zero-order valence-electron chi connectivity index (χ0n) is 13.5. The van der Waals surface area contributed by atoms with Crippen molar-refractivity contribution in [3.8, 4) is 0 Å². The van der Waals surface area contributed by atoms with Gasteiger partial charge in [-0.1, -0.05) is 0 Å². The zero-order chi connectivity index (χ0) is 16.5. The molecule has 3 atom stereocenters. The number of hydrogen-bond acceptors (Lipinski definition) is 6. The van der Waals surface area contributed by atoms with Gasteiger partial charge >= 0.3 is 11.9 Å². The molecular weight excluding hydrogens is 290 g/mol. The Morgan fingerprint density at radius 3 is 2.50 bits per heavy atom. The molecule has 0 aliphatic carbocycles. The van der Waals surface area contributed by atoms with Crippen LogP contribution in [-0.4, -0.2) is 54.3 Å². The summed E-state index contributed by atoms with van der Waals surface area (Å²) in [5.74, 6) is -2.54. The van der Waals surface area contributed by atoms with Crippen LogP contribution < -0.4 is 0 Å². The number of ether oxygens (including phenoxy) is 3. The molecule has 2 fully saturated rings. The second kappa shape index (κ2) is 6.24. The van der Waals surface area contributed by atoms with E-state index in [2.05, 4.69) is 0 Å². The molecule has 2 aliphatic rings. The minimum atomic E-state index is -1.03. The van der Waals surface area contributed by atoms with Crippen LogP contribution in [0.3, 0.4) is 0 Å². The highest BCUT2D eigenvalue weighted by molar-refractivity contribution is 6.00. The molecule has 7 heteroatoms. The molecule has 0 aromatic heterocycles. The summed E-state index contributed by atoms with van der Waals surface area (Å²) in [4.78, 5) is 38.1. The van der Waals surface area contributed by atoms with Crippen LogP contribution in [0.2, 0.25) is 0 Å². The number of methoxy groups -OCH3 is 1. The monoisotopic (exact) mass is 313 g/mol. The fourth-order valence-electron chi connectivity index (χ4n) is 2.79. The van der Waals surface area contributed by atoms with Crippen molar-refractivity contribution in [1.82, 2.24) is 4.90 Å². The second-order valence-electron chi connectivity index (χ2n) is 6.59. The van der Waals surface area contributed by atoms with Gasteiger partial charge in [-0.15, -0.1) is 0 Å². The van der Waals surface area contributed by atoms with E-state index in [0.717, 1.165) is 6.42 Å². The van der Waals surface area contributed by atoms with Gasteiger partial charge in [0.25, 0.3) is 0 Å². The molecule has 0 unspecified atom stereocenters. The van der Waals surface area contributed by atoms with Gasteiger partial charge in [-0.25, -0.2) is 4.79 Å². The molecule has 124 valence electrons. The molecule has 1 amide bonds. The molecule has 0 bridgehead atoms. The smallest absolute Gasteiger partial charge is 0.328 e. The summed E-state index contributed by atoms with van der Waals surface area (Å²) in [7, 11) is 1.28. The Hall–Kier alpha value is -1.63. The number of piperidine rings is 1. The van der Waals surface area contributed by atoms with Crippen molar-refractivity contribution >= 4 is 17.8 Å². The van der Waals surface area contributed by atoms with E-state index in [1.807, 2.05) is 0 Å². The van der Waals surface area contributed by atoms with E-state index in [1.54, 1.807) is 20.8 Å². The molecule has 2 heterocycles. The Bertz CT molecular complexity index is 469. The molecule has 0 saturated carbocycles. The van der Waals surface area contributed by atoms with Crippen molar-refractivity contribution in [3.05, 3.63) is 0 Å². The first-order valence-corrected chi connectivity index (χ1v) is 7.49. The number of carbonyl (C=O) groups excluding carboxylic acids is 3. The molecule has 0 spiro atoms. The number of hydrogen-bond donors (Lipinski definition) is 0. The molecular formula is C15H23NO6. The van der Waals surface area contributed by atoms with Gasteiger partial charge in [0.15, 0.2) is 5.92 Å². The zero-order valence-corrected chi connectivity index (χ0v) is 13.5. The van der Waals surface area contributed by atoms with E-state index in [-0.39, 0.29) is 6.61 Å². The lowest BCUT2D eigenvalue weighted by atomic mass is 9.96. The second-order valence-corrected chi connectivity index (χ2v) is 6.59. The normalized spacial score (nSPS) is 28.8. The number of esters is 2. The standard InChI is InChI=1S/C15H23NO6/c1-15(2,3)22-13(18)9-8-21-11-7-5-6-10(14(19)20-4)16(11)12(9)17/h9-11H,5-8H2,1-4H3/t9-,10-,11-/m0/s1. The minimum Gasteiger partial charge on any atom is -0.467 e. The molecule has 0 aromatic carbocycles. The Balaban J connectivity index is 2.17. The number of nitrogens with zero attached hydrogens (tertiary/aromatic N) is 1. The van der Waals surface area contributed by atoms with Crippen LogP contribution in [-0.2, 0) is 28.6 Å². The lowest BCUT2D eigenvalue weighted by Crippen LogP contribution is -2.61. The lowest BCUT2D eigenvalue weighted by molar-refractivity contribution is -0.200. The molecule has 2 aliphatic heterocycles. The van der Waals surface area contributed by atoms with Crippen molar-refractivity contribution in [2.24, 2.45) is 5.92 Å². The third-order valence-corrected chi connectivity index (χ3v) is 3.75. The minimum absolute atomic E-state index is 0.0111. The molecule has 7 nitrogen and oxygen atoms in total. The van der Waals surface area contributed by atoms with Crippen LogP contribution in [0.15, 0.2) is 0 Å². The highest BCUT2D eigenvalue weighted by Gasteiger charge is 2.48. The van der Waals surface area contributed by atoms with Crippen LogP contribution in [0, 0.1) is 5.92 Å². The van der Waals surface area contributed by atoms with Crippen molar-refractivity contribution in [3.63, 3.8) is 0 Å². The van der Waals surface area contributed by atoms with Crippen LogP contribution in [0.4, 0.5) is 0 Å². The molecule has 0 radical (unpaired) electrons. The van der Waals surface area contributed by atoms with E-state index in [1.165, 1.54) is 12.0 Å². The van der Waals surface area contributed by atoms with E-state index >= 15 is 0 Å². The van der Waals surface area contributed by atoms with Crippen LogP contribution in [0.1, 0.15) is 40.0 Å². The third kappa shape index (κ3) is 3.40. The Morgan fingerprint density at radius 2 is 1.91 bits per heavy atom. The van der Waals surface area contributed by atoms with E-state index in [9.17, 15) is 14.4 Å². The molecule has 2 saturated heterocycles. The fourth-order valence-corrected chi connectivity index (χ4v) is 2.79. The summed E-state index contributed by atoms with van der Waals surface area (Å²) < 4.78 is 15.6. The highest BCUT2D eigenvalue weighted by atomic mass is 16.6. The quantitative estimate of drug-likeness (QED) is 0.555. The van der Waals surface area contributed by atoms with Gasteiger partial charge in [0.1, 0.15) is 17.9 Å². The maximum Gasteiger partial charge on any atom is 0.328 e. The van der Waals surface area contributed by atoms with Gasteiger partial charge in [0.2, 0.25) is 5.91 Å². The summed E-state index contributed by atoms with van der Waals surface area (Å²) >= 11 is 0. The maximum absolute atomic E-state index is 12.7. The molecule has 22 heavy (non-hydrogen) atoms. The van der Waals surface area contributed by atoms with Crippen molar-refractivity contribution in [1.29, 1.82) is 0 Å². The molecule has 0 N–H and O–H groups in total. The van der Waals surface area contributed by atoms with Gasteiger partial charge in [-0.3, -0.25) is 9.59 Å². The Kier molecular flexibility index (Phi) is 4.75. The van der Waals surface area contributed by atoms with Crippen LogP contribution >= 0.6 is 0 Å². The number of carbonyl (C=O) groups is 3. The third-order valence-electron chi connectivity index (χ3n) is 3.75. The molecule has 2 rings (SSSR count). The number of rotatable bonds is 2. The van der Waals surface area contributed by atoms with E-state index in [4.69, 9.17) is 14.2 Å². The first-order valence-electron chi connectivity index (χ1n) is 7.49. The fraction of sp³-hybridized carbons (Fsp3) is 0.800. The summed E-state index contributed by atoms with van der Waals surface area (Å²) in [6, 6.07) is -0.693. The predicted molar refractivity (Wildman–Crippen MR) is 75.6 cm³/mol. The van der Waals surface area contributed by atoms with Gasteiger partial charge in [0.05, 0.1) is 13.7 Å². The summed E-state index contributed by atoms with van der Waals surface area (Å²) in [5.41, 5.74) is -0.683. The summed E-state index contributed by atoms with van der Waals surface area (Å²) in [5, 5.41) is 0. The van der Waals surface area contributed by atoms with Crippen molar-refractivity contribution < 1.29 is 28.6 Å². The van der Waals surface area contributed by atoms with Gasteiger partial charge < -0.3 is 19.1 Å². The van der Waals surface area contributed by atoms with Crippen LogP contribution in [0.5, 0.6) is 0 Å². The van der Waals surface area contributed by atoms with Gasteiger partial charge in [-0.2, -0.15) is 0 Å². The average molecular weight is 313 g/mol.